The van der Waals surface area contributed by atoms with Crippen molar-refractivity contribution >= 4 is 18.1 Å². The van der Waals surface area contributed by atoms with Gasteiger partial charge in [-0.1, -0.05) is 35.3 Å². The SMILES string of the molecule is O=C(Cn1cnc([N+](=O)[O-])n1)NN=CCc1ccccc1. The second-order valence-electron chi connectivity index (χ2n) is 4.04. The molecule has 1 aromatic carbocycles. The van der Waals surface area contributed by atoms with Gasteiger partial charge in [0.2, 0.25) is 6.33 Å². The maximum absolute atomic E-state index is 11.5. The number of nitro groups is 1. The van der Waals surface area contributed by atoms with E-state index in [1.54, 1.807) is 6.21 Å². The zero-order valence-electron chi connectivity index (χ0n) is 10.9. The summed E-state index contributed by atoms with van der Waals surface area (Å²) in [6, 6.07) is 9.64. The Hall–Kier alpha value is -3.10. The van der Waals surface area contributed by atoms with Crippen LogP contribution in [0.25, 0.3) is 0 Å². The van der Waals surface area contributed by atoms with Crippen molar-refractivity contribution < 1.29 is 9.72 Å². The van der Waals surface area contributed by atoms with Crippen LogP contribution >= 0.6 is 0 Å². The van der Waals surface area contributed by atoms with E-state index in [9.17, 15) is 14.9 Å². The van der Waals surface area contributed by atoms with Gasteiger partial charge in [0.15, 0.2) is 0 Å². The van der Waals surface area contributed by atoms with E-state index < -0.39 is 16.8 Å². The van der Waals surface area contributed by atoms with Crippen molar-refractivity contribution in [1.29, 1.82) is 0 Å². The zero-order valence-corrected chi connectivity index (χ0v) is 10.9. The molecule has 0 spiro atoms. The number of carbonyl (C=O) groups excluding carboxylic acids is 1. The number of aromatic nitrogens is 3. The Labute approximate surface area is 119 Å². The molecule has 9 heteroatoms. The fraction of sp³-hybridized carbons (Fsp3) is 0.167. The number of nitrogens with one attached hydrogen (secondary N) is 1. The minimum absolute atomic E-state index is 0.191. The summed E-state index contributed by atoms with van der Waals surface area (Å²) in [4.78, 5) is 24.6. The summed E-state index contributed by atoms with van der Waals surface area (Å²) in [5.74, 6) is -0.991. The van der Waals surface area contributed by atoms with Gasteiger partial charge in [-0.3, -0.25) is 4.79 Å². The molecule has 0 atom stereocenters. The lowest BCUT2D eigenvalue weighted by molar-refractivity contribution is -0.394. The van der Waals surface area contributed by atoms with Crippen molar-refractivity contribution in [3.63, 3.8) is 0 Å². The second-order valence-corrected chi connectivity index (χ2v) is 4.04. The first-order chi connectivity index (χ1) is 10.1. The molecule has 0 unspecified atom stereocenters. The third kappa shape index (κ3) is 4.49. The summed E-state index contributed by atoms with van der Waals surface area (Å²) in [6.07, 6.45) is 3.28. The molecule has 1 amide bonds. The van der Waals surface area contributed by atoms with Gasteiger partial charge < -0.3 is 10.1 Å². The van der Waals surface area contributed by atoms with Gasteiger partial charge in [0.25, 0.3) is 5.91 Å². The minimum Gasteiger partial charge on any atom is -0.390 e. The van der Waals surface area contributed by atoms with Crippen LogP contribution in [-0.4, -0.2) is 31.8 Å². The van der Waals surface area contributed by atoms with Gasteiger partial charge in [0, 0.05) is 17.7 Å². The van der Waals surface area contributed by atoms with Crippen molar-refractivity contribution in [3.05, 3.63) is 52.3 Å². The van der Waals surface area contributed by atoms with Crippen LogP contribution in [0.2, 0.25) is 0 Å². The number of hydrogen-bond acceptors (Lipinski definition) is 6. The van der Waals surface area contributed by atoms with Crippen LogP contribution in [-0.2, 0) is 17.8 Å². The van der Waals surface area contributed by atoms with Crippen molar-refractivity contribution in [2.45, 2.75) is 13.0 Å². The van der Waals surface area contributed by atoms with Gasteiger partial charge in [-0.15, -0.1) is 0 Å². The predicted octanol–water partition coefficient (Wildman–Crippen LogP) is 0.531. The van der Waals surface area contributed by atoms with Crippen LogP contribution in [0.3, 0.4) is 0 Å². The van der Waals surface area contributed by atoms with E-state index in [0.29, 0.717) is 6.42 Å². The number of carbonyl (C=O) groups is 1. The molecule has 0 radical (unpaired) electrons. The van der Waals surface area contributed by atoms with Crippen LogP contribution in [0, 0.1) is 10.1 Å². The molecule has 1 heterocycles. The standard InChI is InChI=1S/C12H12N6O3/c19-11(8-17-9-13-12(16-17)18(20)21)15-14-7-6-10-4-2-1-3-5-10/h1-5,7,9H,6,8H2,(H,15,19). The Kier molecular flexibility index (Phi) is 4.70. The topological polar surface area (TPSA) is 115 Å². The molecule has 0 aliphatic rings. The number of amides is 1. The third-order valence-electron chi connectivity index (χ3n) is 2.44. The van der Waals surface area contributed by atoms with Crippen molar-refractivity contribution in [2.75, 3.05) is 0 Å². The molecular weight excluding hydrogens is 276 g/mol. The van der Waals surface area contributed by atoms with Crippen LogP contribution in [0.5, 0.6) is 0 Å². The van der Waals surface area contributed by atoms with Gasteiger partial charge in [-0.2, -0.15) is 9.78 Å². The van der Waals surface area contributed by atoms with E-state index in [1.165, 1.54) is 0 Å². The van der Waals surface area contributed by atoms with Crippen molar-refractivity contribution in [2.24, 2.45) is 5.10 Å². The monoisotopic (exact) mass is 288 g/mol. The van der Waals surface area contributed by atoms with E-state index >= 15 is 0 Å². The Morgan fingerprint density at radius 1 is 1.43 bits per heavy atom. The Balaban J connectivity index is 1.77. The van der Waals surface area contributed by atoms with Gasteiger partial charge in [-0.05, 0) is 10.5 Å². The molecule has 1 N–H and O–H groups in total. The quantitative estimate of drug-likeness (QED) is 0.473. The smallest absolute Gasteiger partial charge is 0.390 e. The molecule has 0 aliphatic heterocycles. The Morgan fingerprint density at radius 3 is 2.86 bits per heavy atom. The molecule has 0 saturated carbocycles. The van der Waals surface area contributed by atoms with Crippen LogP contribution in [0.15, 0.2) is 41.8 Å². The highest BCUT2D eigenvalue weighted by Crippen LogP contribution is 1.99. The lowest BCUT2D eigenvalue weighted by atomic mass is 10.2. The molecule has 108 valence electrons. The molecule has 0 fully saturated rings. The first-order valence-electron chi connectivity index (χ1n) is 6.03. The predicted molar refractivity (Wildman–Crippen MR) is 73.5 cm³/mol. The van der Waals surface area contributed by atoms with E-state index in [-0.39, 0.29) is 6.54 Å². The fourth-order valence-corrected chi connectivity index (χ4v) is 1.51. The normalized spacial score (nSPS) is 10.7. The lowest BCUT2D eigenvalue weighted by Gasteiger charge is -1.97. The first-order valence-corrected chi connectivity index (χ1v) is 6.03. The van der Waals surface area contributed by atoms with Gasteiger partial charge in [0.1, 0.15) is 6.54 Å². The molecule has 21 heavy (non-hydrogen) atoms. The Bertz CT molecular complexity index is 652. The highest BCUT2D eigenvalue weighted by atomic mass is 16.6. The molecule has 1 aromatic heterocycles. The number of hydrazone groups is 1. The van der Waals surface area contributed by atoms with E-state index in [2.05, 4.69) is 20.6 Å². The maximum Gasteiger partial charge on any atom is 0.490 e. The van der Waals surface area contributed by atoms with Gasteiger partial charge >= 0.3 is 5.95 Å². The molecule has 9 nitrogen and oxygen atoms in total. The van der Waals surface area contributed by atoms with E-state index in [1.807, 2.05) is 30.3 Å². The molecule has 2 aromatic rings. The summed E-state index contributed by atoms with van der Waals surface area (Å²) in [6.45, 7) is -0.191. The molecule has 0 aliphatic carbocycles. The fourth-order valence-electron chi connectivity index (χ4n) is 1.51. The summed E-state index contributed by atoms with van der Waals surface area (Å²) in [5.41, 5.74) is 3.38. The summed E-state index contributed by atoms with van der Waals surface area (Å²) in [5, 5.41) is 17.7. The van der Waals surface area contributed by atoms with Crippen LogP contribution in [0.1, 0.15) is 5.56 Å². The Morgan fingerprint density at radius 2 is 2.19 bits per heavy atom. The van der Waals surface area contributed by atoms with Gasteiger partial charge in [-0.25, -0.2) is 5.43 Å². The van der Waals surface area contributed by atoms with E-state index in [4.69, 9.17) is 0 Å². The number of nitrogens with zero attached hydrogens (tertiary/aromatic N) is 5. The largest absolute Gasteiger partial charge is 0.490 e. The average molecular weight is 288 g/mol. The summed E-state index contributed by atoms with van der Waals surface area (Å²) in [7, 11) is 0. The number of rotatable bonds is 6. The number of hydrogen-bond donors (Lipinski definition) is 1. The summed E-state index contributed by atoms with van der Waals surface area (Å²) >= 11 is 0. The number of benzene rings is 1. The maximum atomic E-state index is 11.5. The van der Waals surface area contributed by atoms with Crippen molar-refractivity contribution in [1.82, 2.24) is 20.2 Å². The molecule has 0 saturated heterocycles. The highest BCUT2D eigenvalue weighted by Gasteiger charge is 2.14. The minimum atomic E-state index is -0.730. The molecular formula is C12H12N6O3. The van der Waals surface area contributed by atoms with Crippen LogP contribution in [0.4, 0.5) is 5.95 Å². The van der Waals surface area contributed by atoms with Gasteiger partial charge in [0.05, 0.1) is 0 Å². The van der Waals surface area contributed by atoms with Crippen molar-refractivity contribution in [3.8, 4) is 0 Å². The molecule has 0 bridgehead atoms. The van der Waals surface area contributed by atoms with E-state index in [0.717, 1.165) is 16.6 Å². The second kappa shape index (κ2) is 6.89. The summed E-state index contributed by atoms with van der Waals surface area (Å²) < 4.78 is 1.07. The molecule has 2 rings (SSSR count). The lowest BCUT2D eigenvalue weighted by Crippen LogP contribution is -2.23. The average Bonchev–Trinajstić information content (AvgIpc) is 2.93. The van der Waals surface area contributed by atoms with Crippen LogP contribution < -0.4 is 5.43 Å². The first kappa shape index (κ1) is 14.3. The highest BCUT2D eigenvalue weighted by molar-refractivity contribution is 5.76. The zero-order chi connectivity index (χ0) is 15.1. The third-order valence-corrected chi connectivity index (χ3v) is 2.44.